The Balaban J connectivity index is 1.82. The summed E-state index contributed by atoms with van der Waals surface area (Å²) in [5, 5.41) is 15.1. The van der Waals surface area contributed by atoms with E-state index >= 15 is 0 Å². The number of amides is 2. The Bertz CT molecular complexity index is 1020. The fourth-order valence-electron chi connectivity index (χ4n) is 4.08. The van der Waals surface area contributed by atoms with E-state index in [1.54, 1.807) is 20.9 Å². The van der Waals surface area contributed by atoms with Gasteiger partial charge >= 0.3 is 0 Å². The van der Waals surface area contributed by atoms with Crippen LogP contribution in [0.4, 0.5) is 10.1 Å². The van der Waals surface area contributed by atoms with E-state index in [2.05, 4.69) is 15.6 Å². The summed E-state index contributed by atoms with van der Waals surface area (Å²) in [7, 11) is 1.62. The number of carbonyl (C=O) groups is 3. The standard InChI is InChI=1S/C22H27FN4O4/c1-12-17(20(30)25-14-5-6-16(23)24-11-14)13(2)27(4)18(12)19(29)21(31)26-22(3)9-7-15(28)8-10-22/h5-6,11,15,28H,7-10H2,1-4H3,(H,25,30)(H,26,31)/t15-,22+. The van der Waals surface area contributed by atoms with Crippen molar-refractivity contribution in [2.24, 2.45) is 7.05 Å². The lowest BCUT2D eigenvalue weighted by Gasteiger charge is -2.36. The van der Waals surface area contributed by atoms with Crippen LogP contribution in [0.15, 0.2) is 18.3 Å². The molecule has 0 radical (unpaired) electrons. The van der Waals surface area contributed by atoms with E-state index in [1.165, 1.54) is 16.8 Å². The minimum Gasteiger partial charge on any atom is -0.393 e. The third-order valence-corrected chi connectivity index (χ3v) is 6.04. The van der Waals surface area contributed by atoms with E-state index in [-0.39, 0.29) is 17.4 Å². The van der Waals surface area contributed by atoms with Crippen molar-refractivity contribution in [2.45, 2.75) is 58.1 Å². The second kappa shape index (κ2) is 8.58. The fraction of sp³-hybridized carbons (Fsp3) is 0.455. The van der Waals surface area contributed by atoms with Gasteiger partial charge in [-0.25, -0.2) is 4.98 Å². The van der Waals surface area contributed by atoms with Crippen LogP contribution < -0.4 is 10.6 Å². The normalized spacial score (nSPS) is 20.9. The molecule has 2 aromatic rings. The molecular formula is C22H27FN4O4. The van der Waals surface area contributed by atoms with Gasteiger partial charge in [0.2, 0.25) is 5.95 Å². The summed E-state index contributed by atoms with van der Waals surface area (Å²) in [5.41, 5.74) is 1.07. The molecule has 0 atom stereocenters. The number of halogens is 1. The largest absolute Gasteiger partial charge is 0.393 e. The van der Waals surface area contributed by atoms with Crippen LogP contribution in [0.2, 0.25) is 0 Å². The summed E-state index contributed by atoms with van der Waals surface area (Å²) in [6, 6.07) is 2.51. The quantitative estimate of drug-likeness (QED) is 0.383. The number of aliphatic hydroxyl groups is 1. The van der Waals surface area contributed by atoms with Crippen molar-refractivity contribution in [3.63, 3.8) is 0 Å². The van der Waals surface area contributed by atoms with Gasteiger partial charge in [-0.15, -0.1) is 0 Å². The van der Waals surface area contributed by atoms with Crippen LogP contribution in [0, 0.1) is 19.8 Å². The second-order valence-corrected chi connectivity index (χ2v) is 8.39. The van der Waals surface area contributed by atoms with Gasteiger partial charge in [0.25, 0.3) is 17.6 Å². The Kier molecular flexibility index (Phi) is 6.26. The summed E-state index contributed by atoms with van der Waals surface area (Å²) in [4.78, 5) is 42.0. The molecular weight excluding hydrogens is 403 g/mol. The monoisotopic (exact) mass is 430 g/mol. The first kappa shape index (κ1) is 22.6. The Morgan fingerprint density at radius 1 is 1.23 bits per heavy atom. The number of pyridine rings is 1. The molecule has 8 nitrogen and oxygen atoms in total. The van der Waals surface area contributed by atoms with Crippen molar-refractivity contribution >= 4 is 23.3 Å². The van der Waals surface area contributed by atoms with E-state index in [0.29, 0.717) is 42.6 Å². The molecule has 0 saturated heterocycles. The second-order valence-electron chi connectivity index (χ2n) is 8.39. The van der Waals surface area contributed by atoms with Crippen molar-refractivity contribution < 1.29 is 23.9 Å². The van der Waals surface area contributed by atoms with Gasteiger partial charge in [0, 0.05) is 18.3 Å². The maximum Gasteiger partial charge on any atom is 0.294 e. The summed E-state index contributed by atoms with van der Waals surface area (Å²) < 4.78 is 14.5. The molecule has 166 valence electrons. The van der Waals surface area contributed by atoms with Crippen molar-refractivity contribution in [1.29, 1.82) is 0 Å². The molecule has 1 fully saturated rings. The molecule has 2 amide bonds. The molecule has 0 aliphatic heterocycles. The number of hydrogen-bond donors (Lipinski definition) is 3. The first-order chi connectivity index (χ1) is 14.5. The highest BCUT2D eigenvalue weighted by molar-refractivity contribution is 6.43. The number of Topliss-reactive ketones (excluding diaryl/α,β-unsaturated/α-hetero) is 1. The molecule has 1 aliphatic rings. The summed E-state index contributed by atoms with van der Waals surface area (Å²) >= 11 is 0. The van der Waals surface area contributed by atoms with Crippen LogP contribution >= 0.6 is 0 Å². The third kappa shape index (κ3) is 4.66. The molecule has 2 aromatic heterocycles. The molecule has 0 bridgehead atoms. The molecule has 3 N–H and O–H groups in total. The molecule has 1 aliphatic carbocycles. The average molecular weight is 430 g/mol. The third-order valence-electron chi connectivity index (χ3n) is 6.04. The number of hydrogen-bond acceptors (Lipinski definition) is 5. The van der Waals surface area contributed by atoms with Gasteiger partial charge in [0.05, 0.1) is 29.2 Å². The Hall–Kier alpha value is -3.07. The van der Waals surface area contributed by atoms with Crippen LogP contribution in [0.25, 0.3) is 0 Å². The van der Waals surface area contributed by atoms with Gasteiger partial charge in [-0.05, 0) is 64.2 Å². The highest BCUT2D eigenvalue weighted by atomic mass is 19.1. The minimum atomic E-state index is -0.739. The summed E-state index contributed by atoms with van der Waals surface area (Å²) in [6.07, 6.45) is 3.11. The highest BCUT2D eigenvalue weighted by Gasteiger charge is 2.35. The van der Waals surface area contributed by atoms with Gasteiger partial charge in [0.1, 0.15) is 0 Å². The Morgan fingerprint density at radius 2 is 1.87 bits per heavy atom. The molecule has 2 heterocycles. The molecule has 1 saturated carbocycles. The Morgan fingerprint density at radius 3 is 2.45 bits per heavy atom. The number of anilines is 1. The first-order valence-electron chi connectivity index (χ1n) is 10.2. The van der Waals surface area contributed by atoms with Crippen molar-refractivity contribution in [3.8, 4) is 0 Å². The first-order valence-corrected chi connectivity index (χ1v) is 10.2. The number of aromatic nitrogens is 2. The molecule has 0 aromatic carbocycles. The molecule has 0 unspecified atom stereocenters. The van der Waals surface area contributed by atoms with E-state index in [1.807, 2.05) is 6.92 Å². The lowest BCUT2D eigenvalue weighted by molar-refractivity contribution is -0.119. The summed E-state index contributed by atoms with van der Waals surface area (Å²) in [5.74, 6) is -2.60. The van der Waals surface area contributed by atoms with E-state index < -0.39 is 29.1 Å². The topological polar surface area (TPSA) is 113 Å². The zero-order valence-electron chi connectivity index (χ0n) is 18.1. The number of rotatable bonds is 5. The zero-order valence-corrected chi connectivity index (χ0v) is 18.1. The van der Waals surface area contributed by atoms with Crippen molar-refractivity contribution in [1.82, 2.24) is 14.9 Å². The lowest BCUT2D eigenvalue weighted by Crippen LogP contribution is -2.51. The number of aliphatic hydroxyl groups excluding tert-OH is 1. The maximum atomic E-state index is 13.0. The van der Waals surface area contributed by atoms with Crippen LogP contribution in [-0.2, 0) is 11.8 Å². The van der Waals surface area contributed by atoms with Crippen LogP contribution in [0.1, 0.15) is 64.7 Å². The van der Waals surface area contributed by atoms with Crippen molar-refractivity contribution in [2.75, 3.05) is 5.32 Å². The fourth-order valence-corrected chi connectivity index (χ4v) is 4.08. The number of carbonyl (C=O) groups excluding carboxylic acids is 3. The molecule has 0 spiro atoms. The van der Waals surface area contributed by atoms with Crippen LogP contribution in [-0.4, -0.2) is 43.9 Å². The van der Waals surface area contributed by atoms with E-state index in [4.69, 9.17) is 0 Å². The maximum absolute atomic E-state index is 13.0. The molecule has 9 heteroatoms. The lowest BCUT2D eigenvalue weighted by atomic mass is 9.82. The van der Waals surface area contributed by atoms with Gasteiger partial charge in [-0.1, -0.05) is 0 Å². The van der Waals surface area contributed by atoms with Gasteiger partial charge < -0.3 is 20.3 Å². The number of nitrogens with one attached hydrogen (secondary N) is 2. The van der Waals surface area contributed by atoms with E-state index in [0.717, 1.165) is 6.07 Å². The van der Waals surface area contributed by atoms with Gasteiger partial charge in [-0.2, -0.15) is 4.39 Å². The zero-order chi connectivity index (χ0) is 22.9. The smallest absolute Gasteiger partial charge is 0.294 e. The van der Waals surface area contributed by atoms with Gasteiger partial charge in [0.15, 0.2) is 0 Å². The van der Waals surface area contributed by atoms with Crippen LogP contribution in [0.3, 0.4) is 0 Å². The molecule has 3 rings (SSSR count). The van der Waals surface area contributed by atoms with E-state index in [9.17, 15) is 23.9 Å². The predicted molar refractivity (Wildman–Crippen MR) is 112 cm³/mol. The predicted octanol–water partition coefficient (Wildman–Crippen LogP) is 2.42. The average Bonchev–Trinajstić information content (AvgIpc) is 2.94. The van der Waals surface area contributed by atoms with Crippen LogP contribution in [0.5, 0.6) is 0 Å². The Labute approximate surface area is 179 Å². The number of ketones is 1. The number of nitrogens with zero attached hydrogens (tertiary/aromatic N) is 2. The minimum absolute atomic E-state index is 0.136. The summed E-state index contributed by atoms with van der Waals surface area (Å²) in [6.45, 7) is 5.16. The highest BCUT2D eigenvalue weighted by Crippen LogP contribution is 2.29. The SMILES string of the molecule is Cc1c(C(=O)Nc2ccc(F)nc2)c(C)n(C)c1C(=O)C(=O)N[C@]1(C)CC[C@H](O)CC1. The molecule has 31 heavy (non-hydrogen) atoms. The van der Waals surface area contributed by atoms with Crippen molar-refractivity contribution in [3.05, 3.63) is 46.8 Å². The van der Waals surface area contributed by atoms with Gasteiger partial charge in [-0.3, -0.25) is 14.4 Å².